The van der Waals surface area contributed by atoms with Gasteiger partial charge in [-0.2, -0.15) is 0 Å². The average Bonchev–Trinajstić information content (AvgIpc) is 2.76. The first kappa shape index (κ1) is 24.5. The molecule has 0 aliphatic rings. The minimum atomic E-state index is -0.884. The van der Waals surface area contributed by atoms with Gasteiger partial charge in [-0.3, -0.25) is 14.9 Å². The van der Waals surface area contributed by atoms with Crippen molar-refractivity contribution in [1.29, 1.82) is 0 Å². The second-order valence-electron chi connectivity index (χ2n) is 5.76. The molecule has 0 atom stereocenters. The number of benzene rings is 2. The van der Waals surface area contributed by atoms with E-state index >= 15 is 0 Å². The Balaban J connectivity index is 2.21. The number of thioether (sulfide) groups is 1. The highest BCUT2D eigenvalue weighted by Gasteiger charge is 2.25. The zero-order chi connectivity index (χ0) is 23.0. The van der Waals surface area contributed by atoms with Crippen LogP contribution in [0.15, 0.2) is 53.7 Å². The van der Waals surface area contributed by atoms with E-state index in [9.17, 15) is 18.8 Å². The van der Waals surface area contributed by atoms with E-state index in [1.54, 1.807) is 25.3 Å². The van der Waals surface area contributed by atoms with Gasteiger partial charge in [0.1, 0.15) is 10.9 Å². The molecule has 0 spiro atoms. The summed E-state index contributed by atoms with van der Waals surface area (Å²) in [4.78, 5) is 42.2. The molecule has 0 aliphatic heterocycles. The molecule has 0 unspecified atom stereocenters. The first-order valence-corrected chi connectivity index (χ1v) is 10.9. The van der Waals surface area contributed by atoms with Crippen LogP contribution in [0.5, 0.6) is 0 Å². The predicted octanol–water partition coefficient (Wildman–Crippen LogP) is 5.16. The quantitative estimate of drug-likeness (QED) is 0.207. The van der Waals surface area contributed by atoms with Crippen LogP contribution in [0.25, 0.3) is 0 Å². The monoisotopic (exact) mass is 484 g/mol. The normalized spacial score (nSPS) is 10.9. The van der Waals surface area contributed by atoms with Crippen molar-refractivity contribution in [2.24, 2.45) is 5.16 Å². The summed E-state index contributed by atoms with van der Waals surface area (Å²) in [6.45, 7) is 1.66. The molecule has 0 radical (unpaired) electrons. The number of urea groups is 1. The van der Waals surface area contributed by atoms with E-state index in [1.165, 1.54) is 43.1 Å². The van der Waals surface area contributed by atoms with Crippen LogP contribution in [0.3, 0.4) is 0 Å². The number of nitrogens with one attached hydrogen (secondary N) is 1. The topological polar surface area (TPSA) is 91.3 Å². The first-order valence-electron chi connectivity index (χ1n) is 8.59. The molecule has 0 bridgehead atoms. The highest BCUT2D eigenvalue weighted by Crippen LogP contribution is 2.26. The Morgan fingerprint density at radius 1 is 1.13 bits per heavy atom. The molecular weight excluding hydrogens is 467 g/mol. The fourth-order valence-corrected chi connectivity index (χ4v) is 3.01. The molecule has 0 fully saturated rings. The van der Waals surface area contributed by atoms with Gasteiger partial charge in [-0.25, -0.2) is 22.6 Å². The van der Waals surface area contributed by atoms with Crippen LogP contribution >= 0.6 is 35.5 Å². The maximum Gasteiger partial charge on any atom is 0.447 e. The Labute approximate surface area is 192 Å². The smallest absolute Gasteiger partial charge is 0.296 e. The van der Waals surface area contributed by atoms with E-state index in [4.69, 9.17) is 16.4 Å². The zero-order valence-corrected chi connectivity index (χ0v) is 19.1. The van der Waals surface area contributed by atoms with E-state index in [1.807, 2.05) is 0 Å². The van der Waals surface area contributed by atoms with Gasteiger partial charge in [0, 0.05) is 7.05 Å². The Morgan fingerprint density at radius 3 is 2.39 bits per heavy atom. The fourth-order valence-electron chi connectivity index (χ4n) is 1.99. The van der Waals surface area contributed by atoms with Crippen molar-refractivity contribution >= 4 is 64.3 Å². The lowest BCUT2D eigenvalue weighted by Crippen LogP contribution is -2.41. The second-order valence-corrected chi connectivity index (χ2v) is 8.24. The van der Waals surface area contributed by atoms with Crippen molar-refractivity contribution < 1.29 is 23.6 Å². The largest absolute Gasteiger partial charge is 0.447 e. The van der Waals surface area contributed by atoms with E-state index in [0.717, 1.165) is 20.7 Å². The molecular formula is C19H18ClFN4O4S2. The Morgan fingerprint density at radius 2 is 1.77 bits per heavy atom. The number of imide groups is 1. The highest BCUT2D eigenvalue weighted by molar-refractivity contribution is 8.13. The van der Waals surface area contributed by atoms with Crippen LogP contribution in [0.4, 0.5) is 19.7 Å². The number of rotatable bonds is 5. The molecule has 0 heterocycles. The molecule has 31 heavy (non-hydrogen) atoms. The molecule has 2 aromatic rings. The van der Waals surface area contributed by atoms with Gasteiger partial charge in [-0.05, 0) is 49.6 Å². The Hall–Kier alpha value is -2.76. The van der Waals surface area contributed by atoms with Gasteiger partial charge >= 0.3 is 12.1 Å². The standard InChI is InChI=1S/C19H18ClFN4O4S2/c1-12(30-3)23-29-19(28)24(2)31-25(14-10-8-13(21)9-11-14)18(27)22-17(26)15-6-4-5-7-16(15)20/h4-11H,1-3H3,(H,22,26,27)/b23-12+. The minimum Gasteiger partial charge on any atom is -0.296 e. The summed E-state index contributed by atoms with van der Waals surface area (Å²) in [6.07, 6.45) is 0.901. The van der Waals surface area contributed by atoms with Crippen LogP contribution in [-0.4, -0.2) is 40.7 Å². The molecule has 2 aromatic carbocycles. The van der Waals surface area contributed by atoms with E-state index in [-0.39, 0.29) is 16.3 Å². The van der Waals surface area contributed by atoms with E-state index in [0.29, 0.717) is 17.2 Å². The minimum absolute atomic E-state index is 0.0937. The molecule has 164 valence electrons. The number of oxime groups is 1. The number of hydrogen-bond acceptors (Lipinski definition) is 7. The summed E-state index contributed by atoms with van der Waals surface area (Å²) in [5.41, 5.74) is 0.301. The Kier molecular flexibility index (Phi) is 9.16. The van der Waals surface area contributed by atoms with Crippen LogP contribution in [0, 0.1) is 5.82 Å². The van der Waals surface area contributed by atoms with Crippen LogP contribution < -0.4 is 9.62 Å². The van der Waals surface area contributed by atoms with Crippen LogP contribution in [0.1, 0.15) is 17.3 Å². The lowest BCUT2D eigenvalue weighted by molar-refractivity contribution is 0.0966. The van der Waals surface area contributed by atoms with Crippen molar-refractivity contribution in [3.63, 3.8) is 0 Å². The van der Waals surface area contributed by atoms with Crippen LogP contribution in [0.2, 0.25) is 5.02 Å². The highest BCUT2D eigenvalue weighted by atomic mass is 35.5. The summed E-state index contributed by atoms with van der Waals surface area (Å²) in [6, 6.07) is 10.2. The van der Waals surface area contributed by atoms with Crippen molar-refractivity contribution in [2.45, 2.75) is 6.92 Å². The number of hydrogen-bond donors (Lipinski definition) is 1. The van der Waals surface area contributed by atoms with Crippen molar-refractivity contribution in [2.75, 3.05) is 17.6 Å². The molecule has 8 nitrogen and oxygen atoms in total. The van der Waals surface area contributed by atoms with Crippen molar-refractivity contribution in [1.82, 2.24) is 9.62 Å². The Bertz CT molecular complexity index is 991. The van der Waals surface area contributed by atoms with Gasteiger partial charge in [0.15, 0.2) is 0 Å². The van der Waals surface area contributed by atoms with Gasteiger partial charge < -0.3 is 0 Å². The number of carbonyl (C=O) groups is 3. The lowest BCUT2D eigenvalue weighted by Gasteiger charge is -2.24. The number of nitrogens with zero attached hydrogens (tertiary/aromatic N) is 3. The third-order valence-corrected chi connectivity index (χ3v) is 5.52. The maximum atomic E-state index is 13.3. The van der Waals surface area contributed by atoms with Gasteiger partial charge in [0.05, 0.1) is 28.4 Å². The average molecular weight is 485 g/mol. The predicted molar refractivity (Wildman–Crippen MR) is 122 cm³/mol. The molecule has 0 aromatic heterocycles. The molecule has 0 aliphatic carbocycles. The van der Waals surface area contributed by atoms with Gasteiger partial charge in [0.2, 0.25) is 0 Å². The first-order chi connectivity index (χ1) is 14.7. The third kappa shape index (κ3) is 7.16. The molecule has 0 saturated carbocycles. The third-order valence-electron chi connectivity index (χ3n) is 3.59. The molecule has 1 N–H and O–H groups in total. The van der Waals surface area contributed by atoms with Gasteiger partial charge in [-0.1, -0.05) is 28.9 Å². The lowest BCUT2D eigenvalue weighted by atomic mass is 10.2. The molecule has 0 saturated heterocycles. The summed E-state index contributed by atoms with van der Waals surface area (Å²) in [5.74, 6) is -1.26. The summed E-state index contributed by atoms with van der Waals surface area (Å²) < 4.78 is 15.3. The molecule has 4 amide bonds. The second kappa shape index (κ2) is 11.6. The van der Waals surface area contributed by atoms with Crippen molar-refractivity contribution in [3.05, 3.63) is 64.9 Å². The van der Waals surface area contributed by atoms with E-state index in [2.05, 4.69) is 10.5 Å². The van der Waals surface area contributed by atoms with Crippen LogP contribution in [-0.2, 0) is 4.84 Å². The number of carbonyl (C=O) groups excluding carboxylic acids is 3. The van der Waals surface area contributed by atoms with Gasteiger partial charge in [0.25, 0.3) is 5.91 Å². The SMILES string of the molecule is CS/C(C)=N/OC(=O)N(C)SN(C(=O)NC(=O)c1ccccc1Cl)c1ccc(F)cc1. The number of anilines is 1. The zero-order valence-electron chi connectivity index (χ0n) is 16.7. The molecule has 12 heteroatoms. The maximum absolute atomic E-state index is 13.3. The summed E-state index contributed by atoms with van der Waals surface area (Å²) in [5, 5.41) is 6.51. The summed E-state index contributed by atoms with van der Waals surface area (Å²) in [7, 11) is 1.34. The number of halogens is 2. The number of amides is 4. The molecule has 2 rings (SSSR count). The van der Waals surface area contributed by atoms with Gasteiger partial charge in [-0.15, -0.1) is 11.8 Å². The van der Waals surface area contributed by atoms with Crippen molar-refractivity contribution in [3.8, 4) is 0 Å². The van der Waals surface area contributed by atoms with E-state index < -0.39 is 23.8 Å². The summed E-state index contributed by atoms with van der Waals surface area (Å²) >= 11 is 7.91. The fraction of sp³-hybridized carbons (Fsp3) is 0.158.